The van der Waals surface area contributed by atoms with Crippen LogP contribution in [0.4, 0.5) is 0 Å². The lowest BCUT2D eigenvalue weighted by Gasteiger charge is -1.86. The van der Waals surface area contributed by atoms with Crippen LogP contribution in [0.2, 0.25) is 0 Å². The molecule has 2 aromatic rings. The number of aromatic nitrogens is 1. The molecule has 82 valence electrons. The van der Waals surface area contributed by atoms with Crippen LogP contribution in [0.1, 0.15) is 13.8 Å². The molecule has 0 bridgehead atoms. The molecule has 2 rings (SSSR count). The fourth-order valence-corrected chi connectivity index (χ4v) is 1.26. The molecule has 0 spiro atoms. The number of H-pyrrole nitrogens is 1. The van der Waals surface area contributed by atoms with Gasteiger partial charge in [-0.05, 0) is 26.0 Å². The van der Waals surface area contributed by atoms with Crippen LogP contribution in [-0.2, 0) is 4.74 Å². The van der Waals surface area contributed by atoms with E-state index in [1.807, 2.05) is 38.1 Å². The van der Waals surface area contributed by atoms with Crippen LogP contribution in [0.15, 0.2) is 30.5 Å². The van der Waals surface area contributed by atoms with Crippen molar-refractivity contribution in [3.05, 3.63) is 30.5 Å². The summed E-state index contributed by atoms with van der Waals surface area (Å²) in [5.74, 6) is 0.315. The molecule has 0 amide bonds. The Hall–Kier alpha value is -1.48. The number of aromatic amines is 1. The predicted octanol–water partition coefficient (Wildman–Crippen LogP) is 2.92. The fourth-order valence-electron chi connectivity index (χ4n) is 1.26. The number of hydrogen-bond donors (Lipinski definition) is 2. The Labute approximate surface area is 89.7 Å². The molecule has 3 nitrogen and oxygen atoms in total. The zero-order chi connectivity index (χ0) is 11.1. The number of para-hydroxylation sites is 1. The van der Waals surface area contributed by atoms with Gasteiger partial charge in [-0.3, -0.25) is 0 Å². The Bertz CT molecular complexity index is 393. The van der Waals surface area contributed by atoms with Crippen molar-refractivity contribution in [2.24, 2.45) is 0 Å². The molecular formula is C12H17NO2. The summed E-state index contributed by atoms with van der Waals surface area (Å²) in [6.45, 7) is 5.67. The van der Waals surface area contributed by atoms with E-state index in [2.05, 4.69) is 4.98 Å². The van der Waals surface area contributed by atoms with Crippen LogP contribution in [0.25, 0.3) is 10.9 Å². The predicted molar refractivity (Wildman–Crippen MR) is 62.1 cm³/mol. The number of hydrogen-bond acceptors (Lipinski definition) is 2. The van der Waals surface area contributed by atoms with Crippen molar-refractivity contribution < 1.29 is 9.84 Å². The number of aromatic hydroxyl groups is 1. The Morgan fingerprint density at radius 3 is 2.40 bits per heavy atom. The molecule has 1 heterocycles. The molecule has 0 aliphatic carbocycles. The molecule has 15 heavy (non-hydrogen) atoms. The van der Waals surface area contributed by atoms with E-state index in [0.29, 0.717) is 5.75 Å². The maximum atomic E-state index is 9.18. The lowest BCUT2D eigenvalue weighted by molar-refractivity contribution is 0.162. The number of rotatable bonds is 2. The van der Waals surface area contributed by atoms with E-state index >= 15 is 0 Å². The van der Waals surface area contributed by atoms with Gasteiger partial charge in [0.15, 0.2) is 0 Å². The van der Waals surface area contributed by atoms with Gasteiger partial charge in [0, 0.05) is 30.3 Å². The van der Waals surface area contributed by atoms with Gasteiger partial charge in [0.25, 0.3) is 0 Å². The summed E-state index contributed by atoms with van der Waals surface area (Å²) in [6.07, 6.45) is 1.59. The van der Waals surface area contributed by atoms with E-state index in [4.69, 9.17) is 4.74 Å². The third kappa shape index (κ3) is 3.29. The molecule has 0 saturated carbocycles. The van der Waals surface area contributed by atoms with E-state index in [9.17, 15) is 5.11 Å². The van der Waals surface area contributed by atoms with Crippen LogP contribution in [0.3, 0.4) is 0 Å². The maximum Gasteiger partial charge on any atom is 0.140 e. The topological polar surface area (TPSA) is 45.2 Å². The monoisotopic (exact) mass is 207 g/mol. The molecule has 3 heteroatoms. The van der Waals surface area contributed by atoms with Gasteiger partial charge in [-0.25, -0.2) is 0 Å². The highest BCUT2D eigenvalue weighted by molar-refractivity contribution is 5.85. The summed E-state index contributed by atoms with van der Waals surface area (Å²) in [5, 5.41) is 10.1. The van der Waals surface area contributed by atoms with Crippen molar-refractivity contribution in [2.45, 2.75) is 13.8 Å². The number of nitrogens with one attached hydrogen (secondary N) is 1. The van der Waals surface area contributed by atoms with Gasteiger partial charge in [-0.2, -0.15) is 0 Å². The Balaban J connectivity index is 0.000000195. The lowest BCUT2D eigenvalue weighted by atomic mass is 10.2. The summed E-state index contributed by atoms with van der Waals surface area (Å²) in [7, 11) is 0. The molecule has 0 radical (unpaired) electrons. The first-order chi connectivity index (χ1) is 7.29. The first-order valence-electron chi connectivity index (χ1n) is 5.12. The van der Waals surface area contributed by atoms with E-state index in [0.717, 1.165) is 24.1 Å². The van der Waals surface area contributed by atoms with Crippen molar-refractivity contribution in [1.29, 1.82) is 0 Å². The molecule has 1 aromatic carbocycles. The molecule has 0 atom stereocenters. The van der Waals surface area contributed by atoms with Crippen molar-refractivity contribution in [2.75, 3.05) is 13.2 Å². The van der Waals surface area contributed by atoms with Gasteiger partial charge in [0.2, 0.25) is 0 Å². The highest BCUT2D eigenvalue weighted by atomic mass is 16.5. The fraction of sp³-hybridized carbons (Fsp3) is 0.333. The molecule has 0 saturated heterocycles. The molecule has 0 fully saturated rings. The van der Waals surface area contributed by atoms with Crippen molar-refractivity contribution >= 4 is 10.9 Å². The first kappa shape index (κ1) is 11.6. The zero-order valence-electron chi connectivity index (χ0n) is 9.16. The summed E-state index contributed by atoms with van der Waals surface area (Å²) >= 11 is 0. The van der Waals surface area contributed by atoms with Crippen LogP contribution in [-0.4, -0.2) is 23.3 Å². The van der Waals surface area contributed by atoms with Crippen LogP contribution >= 0.6 is 0 Å². The maximum absolute atomic E-state index is 9.18. The smallest absolute Gasteiger partial charge is 0.140 e. The SMILES string of the molecule is CCOCC.Oc1c[nH]c2ccccc12. The summed E-state index contributed by atoms with van der Waals surface area (Å²) in [4.78, 5) is 2.94. The summed E-state index contributed by atoms with van der Waals surface area (Å²) in [5.41, 5.74) is 0.972. The summed E-state index contributed by atoms with van der Waals surface area (Å²) in [6, 6.07) is 7.63. The van der Waals surface area contributed by atoms with Gasteiger partial charge in [-0.15, -0.1) is 0 Å². The van der Waals surface area contributed by atoms with Crippen LogP contribution in [0.5, 0.6) is 5.75 Å². The molecule has 0 unspecified atom stereocenters. The highest BCUT2D eigenvalue weighted by Gasteiger charge is 1.97. The average Bonchev–Trinajstić information content (AvgIpc) is 2.64. The van der Waals surface area contributed by atoms with Gasteiger partial charge >= 0.3 is 0 Å². The van der Waals surface area contributed by atoms with E-state index in [1.165, 1.54) is 0 Å². The first-order valence-corrected chi connectivity index (χ1v) is 5.12. The van der Waals surface area contributed by atoms with E-state index in [1.54, 1.807) is 6.20 Å². The Kier molecular flexibility index (Phi) is 4.71. The lowest BCUT2D eigenvalue weighted by Crippen LogP contribution is -1.84. The van der Waals surface area contributed by atoms with E-state index < -0.39 is 0 Å². The second-order valence-electron chi connectivity index (χ2n) is 3.00. The second-order valence-corrected chi connectivity index (χ2v) is 3.00. The van der Waals surface area contributed by atoms with Crippen molar-refractivity contribution in [1.82, 2.24) is 4.98 Å². The average molecular weight is 207 g/mol. The molecule has 2 N–H and O–H groups in total. The molecule has 1 aromatic heterocycles. The summed E-state index contributed by atoms with van der Waals surface area (Å²) < 4.78 is 4.83. The number of benzene rings is 1. The van der Waals surface area contributed by atoms with Gasteiger partial charge in [0.05, 0.1) is 0 Å². The minimum atomic E-state index is 0.315. The minimum Gasteiger partial charge on any atom is -0.506 e. The Morgan fingerprint density at radius 2 is 1.87 bits per heavy atom. The van der Waals surface area contributed by atoms with Crippen molar-refractivity contribution in [3.63, 3.8) is 0 Å². The normalized spacial score (nSPS) is 9.73. The van der Waals surface area contributed by atoms with Gasteiger partial charge in [-0.1, -0.05) is 12.1 Å². The van der Waals surface area contributed by atoms with E-state index in [-0.39, 0.29) is 0 Å². The molecule has 0 aliphatic rings. The molecule has 0 aliphatic heterocycles. The minimum absolute atomic E-state index is 0.315. The zero-order valence-corrected chi connectivity index (χ0v) is 9.16. The largest absolute Gasteiger partial charge is 0.506 e. The third-order valence-electron chi connectivity index (χ3n) is 1.98. The van der Waals surface area contributed by atoms with Gasteiger partial charge < -0.3 is 14.8 Å². The van der Waals surface area contributed by atoms with Crippen molar-refractivity contribution in [3.8, 4) is 5.75 Å². The number of ether oxygens (including phenoxy) is 1. The van der Waals surface area contributed by atoms with Crippen LogP contribution in [0, 0.1) is 0 Å². The quantitative estimate of drug-likeness (QED) is 0.795. The Morgan fingerprint density at radius 1 is 1.20 bits per heavy atom. The molecular weight excluding hydrogens is 190 g/mol. The van der Waals surface area contributed by atoms with Gasteiger partial charge in [0.1, 0.15) is 5.75 Å². The second kappa shape index (κ2) is 6.09. The third-order valence-corrected chi connectivity index (χ3v) is 1.98. The number of fused-ring (bicyclic) bond motifs is 1. The highest BCUT2D eigenvalue weighted by Crippen LogP contribution is 2.22. The van der Waals surface area contributed by atoms with Crippen LogP contribution < -0.4 is 0 Å². The standard InChI is InChI=1S/C8H7NO.C4H10O/c10-8-5-9-7-4-2-1-3-6(7)8;1-3-5-4-2/h1-5,9-10H;3-4H2,1-2H3.